The van der Waals surface area contributed by atoms with Crippen LogP contribution >= 0.6 is 11.6 Å². The fraction of sp³-hybridized carbons (Fsp3) is 0.118. The number of rotatable bonds is 2. The van der Waals surface area contributed by atoms with Crippen LogP contribution < -0.4 is 0 Å². The van der Waals surface area contributed by atoms with Gasteiger partial charge < -0.3 is 4.57 Å². The van der Waals surface area contributed by atoms with Crippen LogP contribution in [-0.2, 0) is 13.5 Å². The lowest BCUT2D eigenvalue weighted by Crippen LogP contribution is -1.97. The van der Waals surface area contributed by atoms with E-state index in [1.54, 1.807) is 24.3 Å². The summed E-state index contributed by atoms with van der Waals surface area (Å²) >= 11 is 6.09. The van der Waals surface area contributed by atoms with Crippen LogP contribution in [0, 0.1) is 17.1 Å². The van der Waals surface area contributed by atoms with Crippen LogP contribution in [0.1, 0.15) is 5.69 Å². The highest BCUT2D eigenvalue weighted by Gasteiger charge is 2.19. The van der Waals surface area contributed by atoms with Crippen LogP contribution in [0.2, 0.25) is 5.02 Å². The van der Waals surface area contributed by atoms with Gasteiger partial charge >= 0.3 is 0 Å². The van der Waals surface area contributed by atoms with E-state index in [0.29, 0.717) is 10.6 Å². The minimum Gasteiger partial charge on any atom is -0.346 e. The number of aryl methyl sites for hydroxylation is 1. The first-order valence-electron chi connectivity index (χ1n) is 6.52. The topological polar surface area (TPSA) is 28.7 Å². The molecule has 0 aliphatic rings. The molecule has 0 aliphatic carbocycles. The van der Waals surface area contributed by atoms with E-state index in [9.17, 15) is 4.39 Å². The third-order valence-electron chi connectivity index (χ3n) is 3.67. The molecule has 0 amide bonds. The molecule has 1 heterocycles. The molecule has 2 nitrogen and oxygen atoms in total. The number of halogens is 2. The Balaban J connectivity index is 2.45. The van der Waals surface area contributed by atoms with E-state index in [0.717, 1.165) is 22.2 Å². The van der Waals surface area contributed by atoms with Gasteiger partial charge in [-0.25, -0.2) is 4.39 Å². The lowest BCUT2D eigenvalue weighted by molar-refractivity contribution is 0.631. The molecule has 0 bridgehead atoms. The number of aromatic nitrogens is 1. The molecule has 2 aromatic carbocycles. The summed E-state index contributed by atoms with van der Waals surface area (Å²) in [7, 11) is 1.88. The Bertz CT molecular complexity index is 874. The normalized spacial score (nSPS) is 10.8. The number of hydrogen-bond acceptors (Lipinski definition) is 1. The van der Waals surface area contributed by atoms with Crippen molar-refractivity contribution < 1.29 is 4.39 Å². The van der Waals surface area contributed by atoms with Crippen molar-refractivity contribution in [1.29, 1.82) is 5.26 Å². The van der Waals surface area contributed by atoms with Gasteiger partial charge in [-0.15, -0.1) is 0 Å². The lowest BCUT2D eigenvalue weighted by atomic mass is 10.0. The molecule has 0 saturated heterocycles. The Kier molecular flexibility index (Phi) is 3.40. The average Bonchev–Trinajstić information content (AvgIpc) is 2.73. The van der Waals surface area contributed by atoms with Crippen molar-refractivity contribution in [2.24, 2.45) is 7.05 Å². The summed E-state index contributed by atoms with van der Waals surface area (Å²) < 4.78 is 16.1. The zero-order chi connectivity index (χ0) is 15.0. The van der Waals surface area contributed by atoms with E-state index < -0.39 is 0 Å². The van der Waals surface area contributed by atoms with Gasteiger partial charge in [-0.1, -0.05) is 29.8 Å². The molecule has 0 N–H and O–H groups in total. The standard InChI is InChI=1S/C17H12ClFN2/c1-21-15-7-6-11(18)10-13(15)17(16(21)8-9-20)12-4-2-3-5-14(12)19/h2-7,10H,8H2,1H3. The van der Waals surface area contributed by atoms with Crippen molar-refractivity contribution in [2.45, 2.75) is 6.42 Å². The molecule has 0 fully saturated rings. The van der Waals surface area contributed by atoms with Crippen molar-refractivity contribution in [3.05, 3.63) is 59.0 Å². The van der Waals surface area contributed by atoms with Crippen LogP contribution in [0.15, 0.2) is 42.5 Å². The fourth-order valence-electron chi connectivity index (χ4n) is 2.72. The van der Waals surface area contributed by atoms with Crippen LogP contribution in [0.4, 0.5) is 4.39 Å². The number of benzene rings is 2. The monoisotopic (exact) mass is 298 g/mol. The Morgan fingerprint density at radius 1 is 1.24 bits per heavy atom. The van der Waals surface area contributed by atoms with Gasteiger partial charge in [-0.2, -0.15) is 5.26 Å². The smallest absolute Gasteiger partial charge is 0.131 e. The molecule has 3 rings (SSSR count). The van der Waals surface area contributed by atoms with Gasteiger partial charge in [0, 0.05) is 39.8 Å². The van der Waals surface area contributed by atoms with E-state index >= 15 is 0 Å². The molecule has 3 aromatic rings. The third-order valence-corrected chi connectivity index (χ3v) is 3.91. The average molecular weight is 299 g/mol. The molecule has 0 unspecified atom stereocenters. The minimum atomic E-state index is -0.302. The van der Waals surface area contributed by atoms with Gasteiger partial charge in [0.25, 0.3) is 0 Å². The molecule has 4 heteroatoms. The van der Waals surface area contributed by atoms with Crippen molar-refractivity contribution in [1.82, 2.24) is 4.57 Å². The van der Waals surface area contributed by atoms with Crippen molar-refractivity contribution in [3.8, 4) is 17.2 Å². The number of hydrogen-bond donors (Lipinski definition) is 0. The largest absolute Gasteiger partial charge is 0.346 e. The first-order chi connectivity index (χ1) is 10.1. The van der Waals surface area contributed by atoms with E-state index in [-0.39, 0.29) is 12.2 Å². The summed E-state index contributed by atoms with van der Waals surface area (Å²) in [6, 6.07) is 14.3. The second-order valence-electron chi connectivity index (χ2n) is 4.86. The predicted octanol–water partition coefficient (Wildman–Crippen LogP) is 4.70. The highest BCUT2D eigenvalue weighted by Crippen LogP contribution is 2.37. The van der Waals surface area contributed by atoms with Gasteiger partial charge in [-0.05, 0) is 24.3 Å². The molecule has 1 aromatic heterocycles. The molecule has 0 saturated carbocycles. The maximum atomic E-state index is 14.2. The second kappa shape index (κ2) is 5.23. The van der Waals surface area contributed by atoms with Crippen LogP contribution in [0.3, 0.4) is 0 Å². The molecule has 0 radical (unpaired) electrons. The summed E-state index contributed by atoms with van der Waals surface area (Å²) in [6.07, 6.45) is 0.215. The Hall–Kier alpha value is -2.31. The maximum Gasteiger partial charge on any atom is 0.131 e. The second-order valence-corrected chi connectivity index (χ2v) is 5.29. The SMILES string of the molecule is Cn1c(CC#N)c(-c2ccccc2F)c2cc(Cl)ccc21. The van der Waals surface area contributed by atoms with Gasteiger partial charge in [0.1, 0.15) is 5.82 Å². The summed E-state index contributed by atoms with van der Waals surface area (Å²) in [4.78, 5) is 0. The van der Waals surface area contributed by atoms with Gasteiger partial charge in [0.05, 0.1) is 12.5 Å². The van der Waals surface area contributed by atoms with Crippen LogP contribution in [-0.4, -0.2) is 4.57 Å². The molecule has 0 atom stereocenters. The van der Waals surface area contributed by atoms with Crippen LogP contribution in [0.5, 0.6) is 0 Å². The highest BCUT2D eigenvalue weighted by molar-refractivity contribution is 6.31. The summed E-state index contributed by atoms with van der Waals surface area (Å²) in [5, 5.41) is 10.5. The van der Waals surface area contributed by atoms with Gasteiger partial charge in [-0.3, -0.25) is 0 Å². The van der Waals surface area contributed by atoms with E-state index in [2.05, 4.69) is 6.07 Å². The van der Waals surface area contributed by atoms with Crippen LogP contribution in [0.25, 0.3) is 22.0 Å². The highest BCUT2D eigenvalue weighted by atomic mass is 35.5. The van der Waals surface area contributed by atoms with Crippen molar-refractivity contribution in [3.63, 3.8) is 0 Å². The molecule has 21 heavy (non-hydrogen) atoms. The summed E-state index contributed by atoms with van der Waals surface area (Å²) in [5.41, 5.74) is 2.97. The Labute approximate surface area is 127 Å². The van der Waals surface area contributed by atoms with E-state index in [1.165, 1.54) is 6.07 Å². The minimum absolute atomic E-state index is 0.215. The number of nitriles is 1. The summed E-state index contributed by atoms with van der Waals surface area (Å²) in [6.45, 7) is 0. The fourth-order valence-corrected chi connectivity index (χ4v) is 2.89. The van der Waals surface area contributed by atoms with Gasteiger partial charge in [0.2, 0.25) is 0 Å². The third kappa shape index (κ3) is 2.18. The van der Waals surface area contributed by atoms with Crippen molar-refractivity contribution >= 4 is 22.5 Å². The Morgan fingerprint density at radius 2 is 2.00 bits per heavy atom. The number of fused-ring (bicyclic) bond motifs is 1. The van der Waals surface area contributed by atoms with Crippen molar-refractivity contribution in [2.75, 3.05) is 0 Å². The first kappa shape index (κ1) is 13.7. The van der Waals surface area contributed by atoms with E-state index in [1.807, 2.05) is 23.7 Å². The maximum absolute atomic E-state index is 14.2. The zero-order valence-electron chi connectivity index (χ0n) is 11.4. The zero-order valence-corrected chi connectivity index (χ0v) is 12.2. The molecule has 0 aliphatic heterocycles. The summed E-state index contributed by atoms with van der Waals surface area (Å²) in [5.74, 6) is -0.302. The van der Waals surface area contributed by atoms with E-state index in [4.69, 9.17) is 16.9 Å². The quantitative estimate of drug-likeness (QED) is 0.674. The predicted molar refractivity (Wildman–Crippen MR) is 82.6 cm³/mol. The Morgan fingerprint density at radius 3 is 2.71 bits per heavy atom. The molecule has 0 spiro atoms. The lowest BCUT2D eigenvalue weighted by Gasteiger charge is -2.06. The number of nitrogens with zero attached hydrogens (tertiary/aromatic N) is 2. The first-order valence-corrected chi connectivity index (χ1v) is 6.90. The molecular formula is C17H12ClFN2. The molecule has 104 valence electrons. The molecular weight excluding hydrogens is 287 g/mol. The van der Waals surface area contributed by atoms with Gasteiger partial charge in [0.15, 0.2) is 0 Å².